The first kappa shape index (κ1) is 24.0. The molecule has 6 nitrogen and oxygen atoms in total. The van der Waals surface area contributed by atoms with Crippen LogP contribution in [0.15, 0.2) is 64.2 Å². The van der Waals surface area contributed by atoms with E-state index in [9.17, 15) is 4.39 Å². The van der Waals surface area contributed by atoms with Gasteiger partial charge in [-0.3, -0.25) is 4.99 Å². The highest BCUT2D eigenvalue weighted by Crippen LogP contribution is 2.30. The number of rotatable bonds is 8. The average molecular weight is 550 g/mol. The number of ether oxygens (including phenoxy) is 1. The van der Waals surface area contributed by atoms with Gasteiger partial charge in [-0.25, -0.2) is 9.37 Å². The predicted molar refractivity (Wildman–Crippen MR) is 134 cm³/mol. The van der Waals surface area contributed by atoms with Crippen LogP contribution in [0, 0.1) is 11.7 Å². The molecular formula is C24H28FIN4O2. The van der Waals surface area contributed by atoms with Gasteiger partial charge in [0.15, 0.2) is 17.5 Å². The van der Waals surface area contributed by atoms with Crippen LogP contribution in [-0.4, -0.2) is 24.6 Å². The van der Waals surface area contributed by atoms with Gasteiger partial charge >= 0.3 is 0 Å². The Hall–Kier alpha value is -2.62. The van der Waals surface area contributed by atoms with Gasteiger partial charge in [-0.2, -0.15) is 0 Å². The van der Waals surface area contributed by atoms with Crippen molar-refractivity contribution in [3.63, 3.8) is 0 Å². The molecule has 1 fully saturated rings. The topological polar surface area (TPSA) is 71.7 Å². The van der Waals surface area contributed by atoms with Gasteiger partial charge in [0.05, 0.1) is 24.9 Å². The number of hydrogen-bond acceptors (Lipinski definition) is 4. The van der Waals surface area contributed by atoms with E-state index >= 15 is 0 Å². The summed E-state index contributed by atoms with van der Waals surface area (Å²) < 4.78 is 25.5. The Morgan fingerprint density at radius 2 is 2.03 bits per heavy atom. The molecule has 0 amide bonds. The fraction of sp³-hybridized carbons (Fsp3) is 0.333. The molecule has 1 aromatic heterocycles. The first-order valence-electron chi connectivity index (χ1n) is 10.5. The second-order valence-corrected chi connectivity index (χ2v) is 7.75. The van der Waals surface area contributed by atoms with Crippen LogP contribution in [0.5, 0.6) is 5.75 Å². The van der Waals surface area contributed by atoms with Crippen LogP contribution < -0.4 is 15.4 Å². The molecule has 1 atom stereocenters. The van der Waals surface area contributed by atoms with E-state index in [0.29, 0.717) is 36.7 Å². The van der Waals surface area contributed by atoms with Crippen molar-refractivity contribution < 1.29 is 13.5 Å². The van der Waals surface area contributed by atoms with E-state index in [-0.39, 0.29) is 35.8 Å². The Morgan fingerprint density at radius 3 is 2.72 bits per heavy atom. The molecule has 1 aliphatic rings. The molecule has 1 heterocycles. The first-order chi connectivity index (χ1) is 15.1. The van der Waals surface area contributed by atoms with Gasteiger partial charge in [-0.1, -0.05) is 24.3 Å². The Morgan fingerprint density at radius 1 is 1.25 bits per heavy atom. The summed E-state index contributed by atoms with van der Waals surface area (Å²) in [5.74, 6) is 1.72. The SMILES string of the molecule is CN=C(NCc1coc(-c2ccccc2)n1)NC(C)c1ccc(OCC2CC2)c(F)c1.I. The smallest absolute Gasteiger partial charge is 0.226 e. The van der Waals surface area contributed by atoms with Crippen molar-refractivity contribution in [1.29, 1.82) is 0 Å². The fourth-order valence-corrected chi connectivity index (χ4v) is 3.15. The zero-order valence-corrected chi connectivity index (χ0v) is 20.5. The summed E-state index contributed by atoms with van der Waals surface area (Å²) in [6.07, 6.45) is 3.98. The molecule has 0 saturated heterocycles. The van der Waals surface area contributed by atoms with E-state index in [4.69, 9.17) is 9.15 Å². The lowest BCUT2D eigenvalue weighted by Gasteiger charge is -2.18. The second-order valence-electron chi connectivity index (χ2n) is 7.75. The highest BCUT2D eigenvalue weighted by Gasteiger charge is 2.22. The maximum atomic E-state index is 14.4. The molecule has 1 unspecified atom stereocenters. The van der Waals surface area contributed by atoms with Crippen molar-refractivity contribution >= 4 is 29.9 Å². The predicted octanol–water partition coefficient (Wildman–Crippen LogP) is 5.31. The number of nitrogens with zero attached hydrogens (tertiary/aromatic N) is 2. The summed E-state index contributed by atoms with van der Waals surface area (Å²) in [6, 6.07) is 14.7. The zero-order valence-electron chi connectivity index (χ0n) is 18.2. The monoisotopic (exact) mass is 550 g/mol. The van der Waals surface area contributed by atoms with Crippen LogP contribution in [0.1, 0.15) is 37.1 Å². The van der Waals surface area contributed by atoms with Gasteiger partial charge in [-0.15, -0.1) is 24.0 Å². The highest BCUT2D eigenvalue weighted by molar-refractivity contribution is 14.0. The first-order valence-corrected chi connectivity index (χ1v) is 10.5. The minimum absolute atomic E-state index is 0. The van der Waals surface area contributed by atoms with Gasteiger partial charge in [0, 0.05) is 12.6 Å². The summed E-state index contributed by atoms with van der Waals surface area (Å²) in [4.78, 5) is 8.75. The number of halogens is 2. The number of benzene rings is 2. The van der Waals surface area contributed by atoms with Gasteiger partial charge in [0.1, 0.15) is 6.26 Å². The number of oxazole rings is 1. The molecule has 0 aliphatic heterocycles. The van der Waals surface area contributed by atoms with Crippen LogP contribution >= 0.6 is 24.0 Å². The molecule has 0 spiro atoms. The van der Waals surface area contributed by atoms with E-state index in [0.717, 1.165) is 16.8 Å². The van der Waals surface area contributed by atoms with Crippen LogP contribution in [0.4, 0.5) is 4.39 Å². The maximum absolute atomic E-state index is 14.4. The largest absolute Gasteiger partial charge is 0.490 e. The number of nitrogens with one attached hydrogen (secondary N) is 2. The van der Waals surface area contributed by atoms with Gasteiger partial charge in [0.2, 0.25) is 5.89 Å². The third kappa shape index (κ3) is 6.44. The van der Waals surface area contributed by atoms with Crippen molar-refractivity contribution in [2.75, 3.05) is 13.7 Å². The third-order valence-corrected chi connectivity index (χ3v) is 5.21. The van der Waals surface area contributed by atoms with E-state index in [2.05, 4.69) is 20.6 Å². The van der Waals surface area contributed by atoms with Crippen molar-refractivity contribution in [1.82, 2.24) is 15.6 Å². The lowest BCUT2D eigenvalue weighted by Crippen LogP contribution is -2.38. The van der Waals surface area contributed by atoms with E-state index in [1.165, 1.54) is 18.9 Å². The Labute approximate surface area is 204 Å². The van der Waals surface area contributed by atoms with Crippen molar-refractivity contribution in [2.45, 2.75) is 32.4 Å². The lowest BCUT2D eigenvalue weighted by molar-refractivity contribution is 0.285. The molecule has 2 aromatic carbocycles. The van der Waals surface area contributed by atoms with Crippen molar-refractivity contribution in [3.05, 3.63) is 71.9 Å². The molecule has 3 aromatic rings. The molecule has 1 aliphatic carbocycles. The van der Waals surface area contributed by atoms with E-state index in [1.54, 1.807) is 19.4 Å². The number of aromatic nitrogens is 1. The van der Waals surface area contributed by atoms with Crippen LogP contribution in [0.3, 0.4) is 0 Å². The van der Waals surface area contributed by atoms with E-state index in [1.807, 2.05) is 43.3 Å². The molecule has 2 N–H and O–H groups in total. The molecule has 0 radical (unpaired) electrons. The summed E-state index contributed by atoms with van der Waals surface area (Å²) >= 11 is 0. The second kappa shape index (κ2) is 11.3. The minimum Gasteiger partial charge on any atom is -0.490 e. The third-order valence-electron chi connectivity index (χ3n) is 5.21. The molecule has 170 valence electrons. The number of hydrogen-bond donors (Lipinski definition) is 2. The molecule has 1 saturated carbocycles. The van der Waals surface area contributed by atoms with Crippen molar-refractivity contribution in [2.24, 2.45) is 10.9 Å². The maximum Gasteiger partial charge on any atom is 0.226 e. The van der Waals surface area contributed by atoms with Gasteiger partial charge in [0.25, 0.3) is 0 Å². The molecule has 32 heavy (non-hydrogen) atoms. The standard InChI is InChI=1S/C24H27FN4O2.HI/c1-16(19-10-11-22(21(25)12-19)30-14-17-8-9-17)28-24(26-2)27-13-20-15-31-23(29-20)18-6-4-3-5-7-18;/h3-7,10-12,15-17H,8-9,13-14H2,1-2H3,(H2,26,27,28);1H. The molecular weight excluding hydrogens is 522 g/mol. The van der Waals surface area contributed by atoms with Gasteiger partial charge < -0.3 is 19.8 Å². The average Bonchev–Trinajstić information content (AvgIpc) is 3.51. The molecule has 0 bridgehead atoms. The van der Waals surface area contributed by atoms with E-state index < -0.39 is 0 Å². The summed E-state index contributed by atoms with van der Waals surface area (Å²) in [6.45, 7) is 3.00. The van der Waals surface area contributed by atoms with Crippen LogP contribution in [0.25, 0.3) is 11.5 Å². The Kier molecular flexibility index (Phi) is 8.49. The summed E-state index contributed by atoms with van der Waals surface area (Å²) in [5.41, 5.74) is 2.50. The number of guanidine groups is 1. The summed E-state index contributed by atoms with van der Waals surface area (Å²) in [7, 11) is 1.69. The molecule has 8 heteroatoms. The lowest BCUT2D eigenvalue weighted by atomic mass is 10.1. The van der Waals surface area contributed by atoms with Gasteiger partial charge in [-0.05, 0) is 55.5 Å². The van der Waals surface area contributed by atoms with Crippen LogP contribution in [0.2, 0.25) is 0 Å². The highest BCUT2D eigenvalue weighted by atomic mass is 127. The van der Waals surface area contributed by atoms with Crippen molar-refractivity contribution in [3.8, 4) is 17.2 Å². The normalized spacial score (nSPS) is 14.4. The number of aliphatic imine (C=N–C) groups is 1. The fourth-order valence-electron chi connectivity index (χ4n) is 3.15. The quantitative estimate of drug-likeness (QED) is 0.226. The Balaban J connectivity index is 0.00000289. The van der Waals surface area contributed by atoms with Crippen LogP contribution in [-0.2, 0) is 6.54 Å². The molecule has 4 rings (SSSR count). The minimum atomic E-state index is -0.342. The summed E-state index contributed by atoms with van der Waals surface area (Å²) in [5, 5.41) is 6.49. The Bertz CT molecular complexity index is 1040. The zero-order chi connectivity index (χ0) is 21.6.